The normalized spacial score (nSPS) is 19.8. The number of benzene rings is 1. The van der Waals surface area contributed by atoms with Gasteiger partial charge in [-0.2, -0.15) is 0 Å². The highest BCUT2D eigenvalue weighted by atomic mass is 16.5. The number of aliphatic hydroxyl groups excluding tert-OH is 1. The Kier molecular flexibility index (Phi) is 3.72. The Bertz CT molecular complexity index is 447. The van der Waals surface area contributed by atoms with Crippen molar-refractivity contribution in [3.8, 4) is 11.5 Å². The second-order valence-corrected chi connectivity index (χ2v) is 4.24. The maximum Gasteiger partial charge on any atom is 0.227 e. The average molecular weight is 251 g/mol. The van der Waals surface area contributed by atoms with Gasteiger partial charge in [-0.1, -0.05) is 0 Å². The number of carbonyl (C=O) groups excluding carboxylic acids is 1. The van der Waals surface area contributed by atoms with Crippen molar-refractivity contribution >= 4 is 11.6 Å². The number of methoxy groups -OCH3 is 2. The van der Waals surface area contributed by atoms with Crippen LogP contribution in [0.4, 0.5) is 5.69 Å². The van der Waals surface area contributed by atoms with Gasteiger partial charge in [0.05, 0.1) is 26.9 Å². The van der Waals surface area contributed by atoms with Crippen LogP contribution >= 0.6 is 0 Å². The fourth-order valence-electron chi connectivity index (χ4n) is 2.07. The minimum atomic E-state index is -0.462. The molecule has 0 aliphatic carbocycles. The molecule has 1 aromatic carbocycles. The van der Waals surface area contributed by atoms with E-state index in [2.05, 4.69) is 0 Å². The van der Waals surface area contributed by atoms with Gasteiger partial charge in [-0.15, -0.1) is 0 Å². The number of β-amino-alcohol motifs (C(OH)–C–C–N with tert-alkyl or cyclic N) is 1. The number of amides is 1. The summed E-state index contributed by atoms with van der Waals surface area (Å²) in [4.78, 5) is 13.4. The first-order valence-corrected chi connectivity index (χ1v) is 5.86. The van der Waals surface area contributed by atoms with E-state index in [9.17, 15) is 9.90 Å². The van der Waals surface area contributed by atoms with Gasteiger partial charge in [0, 0.05) is 18.2 Å². The SMILES string of the molecule is COc1ccc(N2CC(O)CCC2=O)cc1OC. The number of anilines is 1. The van der Waals surface area contributed by atoms with E-state index in [1.807, 2.05) is 0 Å². The van der Waals surface area contributed by atoms with Gasteiger partial charge in [-0.25, -0.2) is 0 Å². The van der Waals surface area contributed by atoms with Crippen LogP contribution < -0.4 is 14.4 Å². The second-order valence-electron chi connectivity index (χ2n) is 4.24. The van der Waals surface area contributed by atoms with Crippen LogP contribution in [-0.4, -0.2) is 37.9 Å². The summed E-state index contributed by atoms with van der Waals surface area (Å²) >= 11 is 0. The van der Waals surface area contributed by atoms with E-state index in [1.54, 1.807) is 37.3 Å². The zero-order valence-corrected chi connectivity index (χ0v) is 10.5. The summed E-state index contributed by atoms with van der Waals surface area (Å²) in [6.07, 6.45) is 0.439. The van der Waals surface area contributed by atoms with Gasteiger partial charge in [-0.3, -0.25) is 4.79 Å². The molecule has 0 bridgehead atoms. The molecule has 5 nitrogen and oxygen atoms in total. The van der Waals surface area contributed by atoms with Gasteiger partial charge in [0.25, 0.3) is 0 Å². The highest BCUT2D eigenvalue weighted by molar-refractivity contribution is 5.94. The molecule has 0 aromatic heterocycles. The summed E-state index contributed by atoms with van der Waals surface area (Å²) in [7, 11) is 3.11. The summed E-state index contributed by atoms with van der Waals surface area (Å²) in [5, 5.41) is 9.64. The molecule has 1 fully saturated rings. The van der Waals surface area contributed by atoms with Crippen LogP contribution in [0.1, 0.15) is 12.8 Å². The molecule has 0 saturated carbocycles. The first-order chi connectivity index (χ1) is 8.65. The molecule has 18 heavy (non-hydrogen) atoms. The van der Waals surface area contributed by atoms with Gasteiger partial charge in [0.1, 0.15) is 0 Å². The minimum Gasteiger partial charge on any atom is -0.493 e. The minimum absolute atomic E-state index is 0.0209. The number of aliphatic hydroxyl groups is 1. The van der Waals surface area contributed by atoms with Gasteiger partial charge >= 0.3 is 0 Å². The quantitative estimate of drug-likeness (QED) is 0.876. The van der Waals surface area contributed by atoms with Crippen molar-refractivity contribution in [3.05, 3.63) is 18.2 Å². The Morgan fingerprint density at radius 1 is 1.28 bits per heavy atom. The van der Waals surface area contributed by atoms with Gasteiger partial charge in [0.2, 0.25) is 5.91 Å². The summed E-state index contributed by atoms with van der Waals surface area (Å²) in [5.41, 5.74) is 0.719. The molecule has 1 atom stereocenters. The van der Waals surface area contributed by atoms with Crippen LogP contribution in [0.5, 0.6) is 11.5 Å². The molecule has 1 heterocycles. The van der Waals surface area contributed by atoms with Crippen LogP contribution in [0.2, 0.25) is 0 Å². The van der Waals surface area contributed by atoms with Crippen LogP contribution in [0.25, 0.3) is 0 Å². The zero-order chi connectivity index (χ0) is 13.1. The molecule has 5 heteroatoms. The van der Waals surface area contributed by atoms with Crippen molar-refractivity contribution < 1.29 is 19.4 Å². The Hall–Kier alpha value is -1.75. The monoisotopic (exact) mass is 251 g/mol. The van der Waals surface area contributed by atoms with Crippen molar-refractivity contribution in [3.63, 3.8) is 0 Å². The zero-order valence-electron chi connectivity index (χ0n) is 10.5. The number of piperidine rings is 1. The molecule has 1 unspecified atom stereocenters. The fourth-order valence-corrected chi connectivity index (χ4v) is 2.07. The topological polar surface area (TPSA) is 59.0 Å². The molecule has 2 rings (SSSR count). The van der Waals surface area contributed by atoms with E-state index in [-0.39, 0.29) is 5.91 Å². The van der Waals surface area contributed by atoms with E-state index < -0.39 is 6.10 Å². The Balaban J connectivity index is 2.29. The number of ether oxygens (including phenoxy) is 2. The standard InChI is InChI=1S/C13H17NO4/c1-17-11-5-3-9(7-12(11)18-2)14-8-10(15)4-6-13(14)16/h3,5,7,10,15H,4,6,8H2,1-2H3. The summed E-state index contributed by atoms with van der Waals surface area (Å²) in [5.74, 6) is 1.21. The first-order valence-electron chi connectivity index (χ1n) is 5.86. The van der Waals surface area contributed by atoms with E-state index in [1.165, 1.54) is 0 Å². The number of rotatable bonds is 3. The third-order valence-corrected chi connectivity index (χ3v) is 3.06. The lowest BCUT2D eigenvalue weighted by Crippen LogP contribution is -2.42. The summed E-state index contributed by atoms with van der Waals surface area (Å²) < 4.78 is 10.4. The van der Waals surface area contributed by atoms with E-state index in [4.69, 9.17) is 9.47 Å². The highest BCUT2D eigenvalue weighted by Gasteiger charge is 2.25. The third kappa shape index (κ3) is 2.41. The average Bonchev–Trinajstić information content (AvgIpc) is 2.40. The van der Waals surface area contributed by atoms with Gasteiger partial charge < -0.3 is 19.5 Å². The molecule has 1 amide bonds. The van der Waals surface area contributed by atoms with Crippen molar-refractivity contribution in [2.24, 2.45) is 0 Å². The maximum absolute atomic E-state index is 11.8. The third-order valence-electron chi connectivity index (χ3n) is 3.06. The van der Waals surface area contributed by atoms with Crippen molar-refractivity contribution in [1.29, 1.82) is 0 Å². The van der Waals surface area contributed by atoms with Gasteiger partial charge in [-0.05, 0) is 18.6 Å². The summed E-state index contributed by atoms with van der Waals surface area (Å²) in [6, 6.07) is 5.29. The van der Waals surface area contributed by atoms with Crippen molar-refractivity contribution in [2.45, 2.75) is 18.9 Å². The Morgan fingerprint density at radius 3 is 2.67 bits per heavy atom. The number of hydrogen-bond donors (Lipinski definition) is 1. The van der Waals surface area contributed by atoms with Crippen LogP contribution in [-0.2, 0) is 4.79 Å². The maximum atomic E-state index is 11.8. The highest BCUT2D eigenvalue weighted by Crippen LogP contribution is 2.32. The van der Waals surface area contributed by atoms with Crippen LogP contribution in [0.3, 0.4) is 0 Å². The lowest BCUT2D eigenvalue weighted by atomic mass is 10.1. The molecule has 98 valence electrons. The lowest BCUT2D eigenvalue weighted by molar-refractivity contribution is -0.121. The smallest absolute Gasteiger partial charge is 0.227 e. The van der Waals surface area contributed by atoms with Gasteiger partial charge in [0.15, 0.2) is 11.5 Å². The van der Waals surface area contributed by atoms with Crippen LogP contribution in [0, 0.1) is 0 Å². The molecule has 0 spiro atoms. The Labute approximate surface area is 106 Å². The first kappa shape index (κ1) is 12.7. The van der Waals surface area contributed by atoms with E-state index in [0.29, 0.717) is 30.9 Å². The molecule has 0 radical (unpaired) electrons. The van der Waals surface area contributed by atoms with Crippen molar-refractivity contribution in [1.82, 2.24) is 0 Å². The molecular weight excluding hydrogens is 234 g/mol. The predicted octanol–water partition coefficient (Wildman–Crippen LogP) is 1.19. The van der Waals surface area contributed by atoms with E-state index in [0.717, 1.165) is 5.69 Å². The molecular formula is C13H17NO4. The van der Waals surface area contributed by atoms with E-state index >= 15 is 0 Å². The summed E-state index contributed by atoms with van der Waals surface area (Å²) in [6.45, 7) is 0.328. The lowest BCUT2D eigenvalue weighted by Gasteiger charge is -2.30. The fraction of sp³-hybridized carbons (Fsp3) is 0.462. The van der Waals surface area contributed by atoms with Crippen LogP contribution in [0.15, 0.2) is 18.2 Å². The number of nitrogens with zero attached hydrogens (tertiary/aromatic N) is 1. The molecule has 1 N–H and O–H groups in total. The largest absolute Gasteiger partial charge is 0.493 e. The molecule has 1 aromatic rings. The van der Waals surface area contributed by atoms with Crippen molar-refractivity contribution in [2.75, 3.05) is 25.7 Å². The second kappa shape index (κ2) is 5.27. The molecule has 1 aliphatic heterocycles. The number of hydrogen-bond acceptors (Lipinski definition) is 4. The molecule has 1 aliphatic rings. The number of carbonyl (C=O) groups is 1. The predicted molar refractivity (Wildman–Crippen MR) is 67.1 cm³/mol. The Morgan fingerprint density at radius 2 is 2.00 bits per heavy atom. The molecule has 1 saturated heterocycles.